The number of carboxylic acid groups (broad SMARTS) is 1. The zero-order valence-electron chi connectivity index (χ0n) is 11.7. The second-order valence-corrected chi connectivity index (χ2v) is 5.23. The van der Waals surface area contributed by atoms with Gasteiger partial charge >= 0.3 is 5.97 Å². The Bertz CT molecular complexity index is 594. The lowest BCUT2D eigenvalue weighted by molar-refractivity contribution is -0.143. The van der Waals surface area contributed by atoms with Crippen molar-refractivity contribution >= 4 is 17.6 Å². The van der Waals surface area contributed by atoms with Gasteiger partial charge in [0.1, 0.15) is 12.1 Å². The molecule has 21 heavy (non-hydrogen) atoms. The van der Waals surface area contributed by atoms with Crippen molar-refractivity contribution in [1.29, 1.82) is 5.26 Å². The maximum atomic E-state index is 12.1. The summed E-state index contributed by atoms with van der Waals surface area (Å²) in [7, 11) is 0. The lowest BCUT2D eigenvalue weighted by Crippen LogP contribution is -2.43. The highest BCUT2D eigenvalue weighted by Crippen LogP contribution is 2.24. The predicted octanol–water partition coefficient (Wildman–Crippen LogP) is 1.29. The number of aliphatic carboxylic acids is 1. The van der Waals surface area contributed by atoms with Gasteiger partial charge in [0.25, 0.3) is 0 Å². The number of likely N-dealkylation sites (tertiary alicyclic amines) is 1. The molecule has 110 valence electrons. The molecule has 1 aromatic rings. The highest BCUT2D eigenvalue weighted by atomic mass is 16.4. The van der Waals surface area contributed by atoms with E-state index in [4.69, 9.17) is 5.26 Å². The van der Waals surface area contributed by atoms with Gasteiger partial charge in [-0.3, -0.25) is 14.5 Å². The van der Waals surface area contributed by atoms with Crippen molar-refractivity contribution in [2.24, 2.45) is 5.92 Å². The van der Waals surface area contributed by atoms with E-state index < -0.39 is 12.0 Å². The van der Waals surface area contributed by atoms with E-state index in [0.29, 0.717) is 17.8 Å². The van der Waals surface area contributed by atoms with Crippen molar-refractivity contribution in [2.45, 2.75) is 19.4 Å². The number of benzene rings is 1. The number of amides is 1. The summed E-state index contributed by atoms with van der Waals surface area (Å²) in [5.41, 5.74) is 0.833. The topological polar surface area (TPSA) is 93.4 Å². The lowest BCUT2D eigenvalue weighted by Gasteiger charge is -2.22. The molecular formula is C15H17N3O3. The van der Waals surface area contributed by atoms with Crippen LogP contribution in [0, 0.1) is 17.2 Å². The highest BCUT2D eigenvalue weighted by Gasteiger charge is 2.37. The summed E-state index contributed by atoms with van der Waals surface area (Å²) in [6.45, 7) is 2.48. The minimum absolute atomic E-state index is 0.0149. The summed E-state index contributed by atoms with van der Waals surface area (Å²) >= 11 is 0. The molecule has 1 amide bonds. The number of hydrogen-bond acceptors (Lipinski definition) is 4. The first-order valence-corrected chi connectivity index (χ1v) is 6.78. The van der Waals surface area contributed by atoms with Crippen LogP contribution in [0.4, 0.5) is 5.69 Å². The lowest BCUT2D eigenvalue weighted by atomic mass is 10.0. The fourth-order valence-corrected chi connectivity index (χ4v) is 2.67. The maximum Gasteiger partial charge on any atom is 0.321 e. The number of nitrogens with one attached hydrogen (secondary N) is 1. The van der Waals surface area contributed by atoms with Crippen LogP contribution in [0.2, 0.25) is 0 Å². The maximum absolute atomic E-state index is 12.1. The van der Waals surface area contributed by atoms with Crippen LogP contribution >= 0.6 is 0 Å². The molecule has 0 aliphatic carbocycles. The number of carbonyl (C=O) groups is 2. The first-order chi connectivity index (χ1) is 10.0. The Hall–Kier alpha value is -2.39. The Morgan fingerprint density at radius 1 is 1.48 bits per heavy atom. The van der Waals surface area contributed by atoms with Crippen molar-refractivity contribution in [3.8, 4) is 6.07 Å². The largest absolute Gasteiger partial charge is 0.480 e. The number of carbonyl (C=O) groups excluding carboxylic acids is 1. The molecule has 0 spiro atoms. The van der Waals surface area contributed by atoms with Crippen molar-refractivity contribution < 1.29 is 14.7 Å². The van der Waals surface area contributed by atoms with Gasteiger partial charge in [-0.1, -0.05) is 19.1 Å². The molecule has 1 aliphatic heterocycles. The zero-order chi connectivity index (χ0) is 15.4. The second-order valence-electron chi connectivity index (χ2n) is 5.23. The zero-order valence-corrected chi connectivity index (χ0v) is 11.7. The first kappa shape index (κ1) is 15.0. The molecule has 6 heteroatoms. The van der Waals surface area contributed by atoms with Gasteiger partial charge in [0.15, 0.2) is 0 Å². The molecule has 1 fully saturated rings. The van der Waals surface area contributed by atoms with E-state index in [-0.39, 0.29) is 18.4 Å². The van der Waals surface area contributed by atoms with E-state index in [1.54, 1.807) is 29.2 Å². The summed E-state index contributed by atoms with van der Waals surface area (Å²) < 4.78 is 0. The van der Waals surface area contributed by atoms with Crippen LogP contribution in [0.1, 0.15) is 18.9 Å². The van der Waals surface area contributed by atoms with Crippen LogP contribution in [0.15, 0.2) is 24.3 Å². The van der Waals surface area contributed by atoms with Crippen LogP contribution in [0.3, 0.4) is 0 Å². The third-order valence-corrected chi connectivity index (χ3v) is 3.73. The van der Waals surface area contributed by atoms with E-state index in [2.05, 4.69) is 5.32 Å². The average Bonchev–Trinajstić information content (AvgIpc) is 2.80. The summed E-state index contributed by atoms with van der Waals surface area (Å²) in [5, 5.41) is 20.9. The molecule has 0 radical (unpaired) electrons. The Labute approximate surface area is 123 Å². The van der Waals surface area contributed by atoms with Gasteiger partial charge in [0.2, 0.25) is 5.91 Å². The van der Waals surface area contributed by atoms with Gasteiger partial charge < -0.3 is 10.4 Å². The molecule has 2 rings (SSSR count). The van der Waals surface area contributed by atoms with E-state index in [1.165, 1.54) is 0 Å². The monoisotopic (exact) mass is 287 g/mol. The molecule has 2 unspecified atom stereocenters. The summed E-state index contributed by atoms with van der Waals surface area (Å²) in [6, 6.07) is 8.10. The Morgan fingerprint density at radius 2 is 2.19 bits per heavy atom. The third-order valence-electron chi connectivity index (χ3n) is 3.73. The normalized spacial score (nSPS) is 21.7. The number of carboxylic acids is 1. The van der Waals surface area contributed by atoms with Crippen LogP contribution in [-0.2, 0) is 9.59 Å². The summed E-state index contributed by atoms with van der Waals surface area (Å²) in [6.07, 6.45) is 0.763. The van der Waals surface area contributed by atoms with Gasteiger partial charge in [0.05, 0.1) is 17.8 Å². The molecular weight excluding hydrogens is 270 g/mol. The molecule has 1 aromatic carbocycles. The van der Waals surface area contributed by atoms with Crippen molar-refractivity contribution in [3.05, 3.63) is 29.8 Å². The quantitative estimate of drug-likeness (QED) is 0.870. The van der Waals surface area contributed by atoms with Crippen LogP contribution in [-0.4, -0.2) is 41.0 Å². The minimum atomic E-state index is -0.898. The highest BCUT2D eigenvalue weighted by molar-refractivity contribution is 5.93. The van der Waals surface area contributed by atoms with Crippen LogP contribution in [0.5, 0.6) is 0 Å². The minimum Gasteiger partial charge on any atom is -0.480 e. The molecule has 0 saturated carbocycles. The third kappa shape index (κ3) is 3.38. The molecule has 1 heterocycles. The number of hydrogen-bond donors (Lipinski definition) is 2. The predicted molar refractivity (Wildman–Crippen MR) is 76.6 cm³/mol. The molecule has 1 saturated heterocycles. The number of nitriles is 1. The molecule has 6 nitrogen and oxygen atoms in total. The van der Waals surface area contributed by atoms with Crippen molar-refractivity contribution in [3.63, 3.8) is 0 Å². The van der Waals surface area contributed by atoms with E-state index in [9.17, 15) is 14.7 Å². The molecule has 2 atom stereocenters. The molecule has 1 aliphatic rings. The number of rotatable bonds is 4. The summed E-state index contributed by atoms with van der Waals surface area (Å²) in [5.74, 6) is -1.18. The van der Waals surface area contributed by atoms with Gasteiger partial charge in [-0.2, -0.15) is 5.26 Å². The van der Waals surface area contributed by atoms with Gasteiger partial charge in [0, 0.05) is 0 Å². The van der Waals surface area contributed by atoms with Crippen molar-refractivity contribution in [2.75, 3.05) is 18.4 Å². The fourth-order valence-electron chi connectivity index (χ4n) is 2.67. The summed E-state index contributed by atoms with van der Waals surface area (Å²) in [4.78, 5) is 25.0. The van der Waals surface area contributed by atoms with Gasteiger partial charge in [-0.05, 0) is 31.0 Å². The van der Waals surface area contributed by atoms with Gasteiger partial charge in [-0.15, -0.1) is 0 Å². The van der Waals surface area contributed by atoms with Gasteiger partial charge in [-0.25, -0.2) is 0 Å². The SMILES string of the molecule is CC1CCN(CC(=O)Nc2ccccc2C#N)C1C(=O)O. The van der Waals surface area contributed by atoms with Crippen LogP contribution < -0.4 is 5.32 Å². The number of nitrogens with zero attached hydrogens (tertiary/aromatic N) is 2. The molecule has 0 bridgehead atoms. The molecule has 2 N–H and O–H groups in total. The second kappa shape index (κ2) is 6.37. The fraction of sp³-hybridized carbons (Fsp3) is 0.400. The first-order valence-electron chi connectivity index (χ1n) is 6.78. The molecule has 0 aromatic heterocycles. The van der Waals surface area contributed by atoms with Crippen LogP contribution in [0.25, 0.3) is 0 Å². The Morgan fingerprint density at radius 3 is 2.86 bits per heavy atom. The van der Waals surface area contributed by atoms with E-state index in [1.807, 2.05) is 13.0 Å². The smallest absolute Gasteiger partial charge is 0.321 e. The number of para-hydroxylation sites is 1. The van der Waals surface area contributed by atoms with Crippen molar-refractivity contribution in [1.82, 2.24) is 4.90 Å². The standard InChI is InChI=1S/C15H17N3O3/c1-10-6-7-18(14(10)15(20)21)9-13(19)17-12-5-3-2-4-11(12)8-16/h2-5,10,14H,6-7,9H2,1H3,(H,17,19)(H,20,21). The number of anilines is 1. The Kier molecular flexibility index (Phi) is 4.55. The van der Waals surface area contributed by atoms with E-state index >= 15 is 0 Å². The van der Waals surface area contributed by atoms with E-state index in [0.717, 1.165) is 6.42 Å². The average molecular weight is 287 g/mol. The Balaban J connectivity index is 2.02.